The van der Waals surface area contributed by atoms with Crippen LogP contribution >= 0.6 is 0 Å². The van der Waals surface area contributed by atoms with Crippen LogP contribution in [0.1, 0.15) is 19.4 Å². The lowest BCUT2D eigenvalue weighted by atomic mass is 10.2. The van der Waals surface area contributed by atoms with Gasteiger partial charge >= 0.3 is 0 Å². The molecule has 102 valence electrons. The van der Waals surface area contributed by atoms with Gasteiger partial charge < -0.3 is 5.32 Å². The summed E-state index contributed by atoms with van der Waals surface area (Å²) < 4.78 is 1.84. The lowest BCUT2D eigenvalue weighted by Crippen LogP contribution is -2.11. The molecule has 3 aromatic rings. The first-order valence-electron chi connectivity index (χ1n) is 6.67. The molecule has 0 aliphatic carbocycles. The molecule has 0 unspecified atom stereocenters. The summed E-state index contributed by atoms with van der Waals surface area (Å²) >= 11 is 0. The molecule has 5 nitrogen and oxygen atoms in total. The Morgan fingerprint density at radius 2 is 1.85 bits per heavy atom. The van der Waals surface area contributed by atoms with Crippen LogP contribution in [0.2, 0.25) is 0 Å². The maximum Gasteiger partial charge on any atom is 0.168 e. The van der Waals surface area contributed by atoms with E-state index >= 15 is 0 Å². The third kappa shape index (κ3) is 2.22. The Hall–Kier alpha value is -2.43. The van der Waals surface area contributed by atoms with E-state index in [2.05, 4.69) is 53.3 Å². The number of anilines is 1. The van der Waals surface area contributed by atoms with Gasteiger partial charge in [0.25, 0.3) is 0 Å². The van der Waals surface area contributed by atoms with Crippen LogP contribution < -0.4 is 5.32 Å². The first-order valence-corrected chi connectivity index (χ1v) is 6.67. The normalized spacial score (nSPS) is 11.2. The summed E-state index contributed by atoms with van der Waals surface area (Å²) in [5.74, 6) is 0.823. The molecule has 3 rings (SSSR count). The number of aryl methyl sites for hydroxylation is 1. The number of nitrogens with one attached hydrogen (secondary N) is 1. The predicted molar refractivity (Wildman–Crippen MR) is 80.2 cm³/mol. The molecule has 0 aliphatic rings. The van der Waals surface area contributed by atoms with E-state index in [-0.39, 0.29) is 0 Å². The lowest BCUT2D eigenvalue weighted by Gasteiger charge is -2.09. The van der Waals surface area contributed by atoms with E-state index in [1.54, 1.807) is 12.5 Å². The Labute approximate surface area is 117 Å². The molecule has 0 bridgehead atoms. The fourth-order valence-corrected chi connectivity index (χ4v) is 2.11. The fourth-order valence-electron chi connectivity index (χ4n) is 2.11. The Bertz CT molecular complexity index is 728. The van der Waals surface area contributed by atoms with Gasteiger partial charge in [0.15, 0.2) is 5.65 Å². The topological polar surface area (TPSA) is 55.6 Å². The number of hydrogen-bond donors (Lipinski definition) is 1. The molecule has 20 heavy (non-hydrogen) atoms. The average Bonchev–Trinajstić information content (AvgIpc) is 2.84. The number of hydrogen-bond acceptors (Lipinski definition) is 4. The maximum absolute atomic E-state index is 4.44. The highest BCUT2D eigenvalue weighted by Gasteiger charge is 2.11. The van der Waals surface area contributed by atoms with Crippen molar-refractivity contribution in [2.24, 2.45) is 0 Å². The van der Waals surface area contributed by atoms with Crippen LogP contribution in [0.15, 0.2) is 36.8 Å². The molecule has 0 spiro atoms. The number of aromatic nitrogens is 4. The van der Waals surface area contributed by atoms with E-state index in [0.717, 1.165) is 22.5 Å². The smallest absolute Gasteiger partial charge is 0.168 e. The molecular weight excluding hydrogens is 250 g/mol. The SMILES string of the molecule is Cc1ccc(-n2ncc3c(NC(C)C)ncnc32)cc1. The Balaban J connectivity index is 2.12. The van der Waals surface area contributed by atoms with Crippen molar-refractivity contribution in [1.82, 2.24) is 19.7 Å². The highest BCUT2D eigenvalue weighted by molar-refractivity contribution is 5.87. The first kappa shape index (κ1) is 12.6. The van der Waals surface area contributed by atoms with Gasteiger partial charge in [-0.25, -0.2) is 14.6 Å². The number of nitrogens with zero attached hydrogens (tertiary/aromatic N) is 4. The molecular formula is C15H17N5. The van der Waals surface area contributed by atoms with Gasteiger partial charge in [-0.2, -0.15) is 5.10 Å². The monoisotopic (exact) mass is 267 g/mol. The Kier molecular flexibility index (Phi) is 3.10. The van der Waals surface area contributed by atoms with Gasteiger partial charge in [-0.1, -0.05) is 17.7 Å². The second kappa shape index (κ2) is 4.92. The van der Waals surface area contributed by atoms with Gasteiger partial charge in [0.05, 0.1) is 17.3 Å². The molecule has 0 radical (unpaired) electrons. The zero-order valence-corrected chi connectivity index (χ0v) is 11.8. The van der Waals surface area contributed by atoms with Crippen molar-refractivity contribution in [1.29, 1.82) is 0 Å². The summed E-state index contributed by atoms with van der Waals surface area (Å²) in [5.41, 5.74) is 3.04. The van der Waals surface area contributed by atoms with Crippen LogP contribution in [0.3, 0.4) is 0 Å². The first-order chi connectivity index (χ1) is 9.65. The van der Waals surface area contributed by atoms with Gasteiger partial charge in [-0.05, 0) is 32.9 Å². The van der Waals surface area contributed by atoms with Crippen molar-refractivity contribution in [2.75, 3.05) is 5.32 Å². The zero-order valence-electron chi connectivity index (χ0n) is 11.8. The van der Waals surface area contributed by atoms with Crippen molar-refractivity contribution in [2.45, 2.75) is 26.8 Å². The van der Waals surface area contributed by atoms with E-state index in [1.165, 1.54) is 5.56 Å². The molecule has 0 atom stereocenters. The number of rotatable bonds is 3. The molecule has 0 saturated heterocycles. The minimum atomic E-state index is 0.316. The van der Waals surface area contributed by atoms with E-state index in [1.807, 2.05) is 16.8 Å². The molecule has 1 aromatic carbocycles. The van der Waals surface area contributed by atoms with E-state index in [9.17, 15) is 0 Å². The van der Waals surface area contributed by atoms with E-state index in [0.29, 0.717) is 6.04 Å². The minimum absolute atomic E-state index is 0.316. The predicted octanol–water partition coefficient (Wildman–Crippen LogP) is 2.94. The van der Waals surface area contributed by atoms with E-state index < -0.39 is 0 Å². The average molecular weight is 267 g/mol. The molecule has 0 amide bonds. The van der Waals surface area contributed by atoms with Crippen molar-refractivity contribution in [3.63, 3.8) is 0 Å². The molecule has 2 aromatic heterocycles. The van der Waals surface area contributed by atoms with Gasteiger partial charge in [0, 0.05) is 6.04 Å². The van der Waals surface area contributed by atoms with Crippen LogP contribution in [-0.4, -0.2) is 25.8 Å². The summed E-state index contributed by atoms with van der Waals surface area (Å²) in [7, 11) is 0. The third-order valence-corrected chi connectivity index (χ3v) is 3.07. The van der Waals surface area contributed by atoms with Gasteiger partial charge in [-0.3, -0.25) is 0 Å². The number of benzene rings is 1. The molecule has 0 fully saturated rings. The van der Waals surface area contributed by atoms with Gasteiger partial charge in [0.2, 0.25) is 0 Å². The number of fused-ring (bicyclic) bond motifs is 1. The summed E-state index contributed by atoms with van der Waals surface area (Å²) in [6.07, 6.45) is 3.37. The van der Waals surface area contributed by atoms with Crippen LogP contribution in [0.4, 0.5) is 5.82 Å². The van der Waals surface area contributed by atoms with Crippen molar-refractivity contribution < 1.29 is 0 Å². The van der Waals surface area contributed by atoms with Crippen molar-refractivity contribution in [3.05, 3.63) is 42.4 Å². The molecule has 0 saturated carbocycles. The Morgan fingerprint density at radius 1 is 1.10 bits per heavy atom. The van der Waals surface area contributed by atoms with Crippen molar-refractivity contribution in [3.8, 4) is 5.69 Å². The quantitative estimate of drug-likeness (QED) is 0.792. The molecule has 1 N–H and O–H groups in total. The van der Waals surface area contributed by atoms with Crippen LogP contribution in [0.25, 0.3) is 16.7 Å². The lowest BCUT2D eigenvalue weighted by molar-refractivity contribution is 0.885. The third-order valence-electron chi connectivity index (χ3n) is 3.07. The second-order valence-corrected chi connectivity index (χ2v) is 5.15. The second-order valence-electron chi connectivity index (χ2n) is 5.15. The Morgan fingerprint density at radius 3 is 2.55 bits per heavy atom. The highest BCUT2D eigenvalue weighted by atomic mass is 15.3. The molecule has 2 heterocycles. The minimum Gasteiger partial charge on any atom is -0.367 e. The van der Waals surface area contributed by atoms with Gasteiger partial charge in [0.1, 0.15) is 12.1 Å². The van der Waals surface area contributed by atoms with Crippen LogP contribution in [0.5, 0.6) is 0 Å². The van der Waals surface area contributed by atoms with E-state index in [4.69, 9.17) is 0 Å². The van der Waals surface area contributed by atoms with Gasteiger partial charge in [-0.15, -0.1) is 0 Å². The largest absolute Gasteiger partial charge is 0.367 e. The van der Waals surface area contributed by atoms with Crippen LogP contribution in [-0.2, 0) is 0 Å². The summed E-state index contributed by atoms with van der Waals surface area (Å²) in [6, 6.07) is 8.53. The fraction of sp³-hybridized carbons (Fsp3) is 0.267. The molecule has 0 aliphatic heterocycles. The molecule has 5 heteroatoms. The van der Waals surface area contributed by atoms with Crippen LogP contribution in [0, 0.1) is 6.92 Å². The highest BCUT2D eigenvalue weighted by Crippen LogP contribution is 2.22. The maximum atomic E-state index is 4.44. The zero-order chi connectivity index (χ0) is 14.1. The summed E-state index contributed by atoms with van der Waals surface area (Å²) in [6.45, 7) is 6.23. The standard InChI is InChI=1S/C15H17N5/c1-10(2)19-14-13-8-18-20(15(13)17-9-16-14)12-6-4-11(3)5-7-12/h4-10H,1-3H3,(H,16,17,19). The van der Waals surface area contributed by atoms with Crippen molar-refractivity contribution >= 4 is 16.9 Å². The summed E-state index contributed by atoms with van der Waals surface area (Å²) in [5, 5.41) is 8.69. The summed E-state index contributed by atoms with van der Waals surface area (Å²) in [4.78, 5) is 8.65.